The van der Waals surface area contributed by atoms with E-state index in [0.29, 0.717) is 12.0 Å². The van der Waals surface area contributed by atoms with Crippen LogP contribution in [0.2, 0.25) is 0 Å². The molecule has 2 atom stereocenters. The van der Waals surface area contributed by atoms with Crippen molar-refractivity contribution in [2.24, 2.45) is 5.41 Å². The fourth-order valence-electron chi connectivity index (χ4n) is 5.20. The van der Waals surface area contributed by atoms with Gasteiger partial charge in [-0.15, -0.1) is 0 Å². The Kier molecular flexibility index (Phi) is 5.53. The van der Waals surface area contributed by atoms with E-state index in [4.69, 9.17) is 9.47 Å². The van der Waals surface area contributed by atoms with E-state index < -0.39 is 0 Å². The second kappa shape index (κ2) is 7.87. The van der Waals surface area contributed by atoms with E-state index in [-0.39, 0.29) is 0 Å². The lowest BCUT2D eigenvalue weighted by molar-refractivity contribution is 0.00640. The highest BCUT2D eigenvalue weighted by Gasteiger charge is 2.42. The Morgan fingerprint density at radius 3 is 2.62 bits per heavy atom. The summed E-state index contributed by atoms with van der Waals surface area (Å²) in [7, 11) is 4.08. The molecule has 0 radical (unpaired) electrons. The molecule has 2 bridgehead atoms. The lowest BCUT2D eigenvalue weighted by Gasteiger charge is -2.46. The van der Waals surface area contributed by atoms with Gasteiger partial charge in [-0.2, -0.15) is 0 Å². The van der Waals surface area contributed by atoms with Crippen LogP contribution in [0.3, 0.4) is 0 Å². The zero-order chi connectivity index (χ0) is 18.0. The Labute approximate surface area is 158 Å². The highest BCUT2D eigenvalue weighted by atomic mass is 16.5. The molecule has 3 fully saturated rings. The fraction of sp³-hybridized carbons (Fsp3) is 0.727. The van der Waals surface area contributed by atoms with Gasteiger partial charge in [0.15, 0.2) is 0 Å². The van der Waals surface area contributed by atoms with Gasteiger partial charge in [0, 0.05) is 37.2 Å². The van der Waals surface area contributed by atoms with E-state index >= 15 is 0 Å². The van der Waals surface area contributed by atoms with Gasteiger partial charge in [-0.1, -0.05) is 18.6 Å². The number of nitrogens with zero attached hydrogens (tertiary/aromatic N) is 1. The molecule has 2 unspecified atom stereocenters. The zero-order valence-corrected chi connectivity index (χ0v) is 16.4. The second-order valence-electron chi connectivity index (χ2n) is 8.90. The van der Waals surface area contributed by atoms with Crippen LogP contribution in [-0.4, -0.2) is 50.3 Å². The number of rotatable bonds is 8. The normalized spacial score (nSPS) is 29.6. The number of benzene rings is 1. The SMILES string of the molecule is COCc1cccc(OCC2(CN(C)C3CC4CCC(C3)N4)CCC2)c1. The van der Waals surface area contributed by atoms with Gasteiger partial charge in [0.1, 0.15) is 5.75 Å². The topological polar surface area (TPSA) is 33.7 Å². The van der Waals surface area contributed by atoms with Gasteiger partial charge in [-0.25, -0.2) is 0 Å². The molecule has 0 aromatic heterocycles. The third-order valence-electron chi connectivity index (χ3n) is 6.83. The summed E-state index contributed by atoms with van der Waals surface area (Å²) >= 11 is 0. The van der Waals surface area contributed by atoms with Crippen molar-refractivity contribution in [1.82, 2.24) is 10.2 Å². The van der Waals surface area contributed by atoms with Crippen LogP contribution in [0.1, 0.15) is 50.5 Å². The van der Waals surface area contributed by atoms with Gasteiger partial charge in [-0.3, -0.25) is 0 Å². The minimum Gasteiger partial charge on any atom is -0.493 e. The molecule has 2 saturated heterocycles. The lowest BCUT2D eigenvalue weighted by Crippen LogP contribution is -2.52. The summed E-state index contributed by atoms with van der Waals surface area (Å²) in [4.78, 5) is 2.65. The first-order valence-electron chi connectivity index (χ1n) is 10.3. The second-order valence-corrected chi connectivity index (χ2v) is 8.90. The molecule has 1 aliphatic carbocycles. The van der Waals surface area contributed by atoms with Crippen LogP contribution in [-0.2, 0) is 11.3 Å². The van der Waals surface area contributed by atoms with Crippen molar-refractivity contribution in [3.8, 4) is 5.75 Å². The molecule has 1 saturated carbocycles. The largest absolute Gasteiger partial charge is 0.493 e. The van der Waals surface area contributed by atoms with E-state index in [0.717, 1.165) is 30.5 Å². The quantitative estimate of drug-likeness (QED) is 0.770. The molecule has 3 aliphatic rings. The van der Waals surface area contributed by atoms with Crippen LogP contribution in [0.5, 0.6) is 5.75 Å². The van der Waals surface area contributed by atoms with Gasteiger partial charge in [0.05, 0.1) is 13.2 Å². The minimum absolute atomic E-state index is 0.343. The van der Waals surface area contributed by atoms with E-state index in [9.17, 15) is 0 Å². The predicted molar refractivity (Wildman–Crippen MR) is 105 cm³/mol. The summed E-state index contributed by atoms with van der Waals surface area (Å²) in [5.74, 6) is 0.980. The molecule has 4 rings (SSSR count). The molecule has 1 aromatic carbocycles. The Hall–Kier alpha value is -1.10. The summed E-state index contributed by atoms with van der Waals surface area (Å²) in [5, 5.41) is 3.77. The summed E-state index contributed by atoms with van der Waals surface area (Å²) in [6, 6.07) is 10.6. The fourth-order valence-corrected chi connectivity index (χ4v) is 5.20. The first kappa shape index (κ1) is 18.3. The van der Waals surface area contributed by atoms with Crippen LogP contribution in [0, 0.1) is 5.41 Å². The molecule has 26 heavy (non-hydrogen) atoms. The van der Waals surface area contributed by atoms with E-state index in [1.807, 2.05) is 0 Å². The molecule has 0 spiro atoms. The average Bonchev–Trinajstić information content (AvgIpc) is 2.95. The monoisotopic (exact) mass is 358 g/mol. The van der Waals surface area contributed by atoms with Gasteiger partial charge in [0.25, 0.3) is 0 Å². The van der Waals surface area contributed by atoms with Crippen molar-refractivity contribution >= 4 is 0 Å². The summed E-state index contributed by atoms with van der Waals surface area (Å²) in [5.41, 5.74) is 1.52. The smallest absolute Gasteiger partial charge is 0.119 e. The standard InChI is InChI=1S/C22H34N2O2/c1-24(20-12-18-7-8-19(13-20)23-18)15-22(9-4-10-22)16-26-21-6-3-5-17(11-21)14-25-2/h3,5-6,11,18-20,23H,4,7-10,12-16H2,1-2H3. The average molecular weight is 359 g/mol. The van der Waals surface area contributed by atoms with Crippen molar-refractivity contribution in [2.75, 3.05) is 27.3 Å². The zero-order valence-electron chi connectivity index (χ0n) is 16.4. The van der Waals surface area contributed by atoms with E-state index in [1.54, 1.807) is 7.11 Å². The molecule has 144 valence electrons. The third-order valence-corrected chi connectivity index (χ3v) is 6.83. The number of piperidine rings is 1. The molecule has 4 heteroatoms. The Morgan fingerprint density at radius 1 is 1.19 bits per heavy atom. The molecule has 2 aliphatic heterocycles. The summed E-state index contributed by atoms with van der Waals surface area (Å²) < 4.78 is 11.5. The third kappa shape index (κ3) is 4.08. The Balaban J connectivity index is 1.33. The molecule has 1 aromatic rings. The first-order valence-corrected chi connectivity index (χ1v) is 10.3. The molecule has 0 amide bonds. The highest BCUT2D eigenvalue weighted by molar-refractivity contribution is 5.28. The van der Waals surface area contributed by atoms with Crippen LogP contribution in [0.4, 0.5) is 0 Å². The number of nitrogens with one attached hydrogen (secondary N) is 1. The molecular formula is C22H34N2O2. The van der Waals surface area contributed by atoms with Gasteiger partial charge in [-0.05, 0) is 63.3 Å². The van der Waals surface area contributed by atoms with Gasteiger partial charge >= 0.3 is 0 Å². The van der Waals surface area contributed by atoms with Gasteiger partial charge in [0.2, 0.25) is 0 Å². The predicted octanol–water partition coefficient (Wildman–Crippen LogP) is 3.60. The number of hydrogen-bond donors (Lipinski definition) is 1. The number of methoxy groups -OCH3 is 1. The van der Waals surface area contributed by atoms with Crippen LogP contribution < -0.4 is 10.1 Å². The Bertz CT molecular complexity index is 590. The molecule has 4 nitrogen and oxygen atoms in total. The highest BCUT2D eigenvalue weighted by Crippen LogP contribution is 2.43. The maximum atomic E-state index is 6.25. The van der Waals surface area contributed by atoms with Crippen molar-refractivity contribution in [2.45, 2.75) is 69.7 Å². The maximum absolute atomic E-state index is 6.25. The van der Waals surface area contributed by atoms with Crippen molar-refractivity contribution in [1.29, 1.82) is 0 Å². The first-order chi connectivity index (χ1) is 12.7. The molecule has 2 heterocycles. The number of fused-ring (bicyclic) bond motifs is 2. The van der Waals surface area contributed by atoms with Crippen molar-refractivity contribution in [3.05, 3.63) is 29.8 Å². The van der Waals surface area contributed by atoms with Gasteiger partial charge < -0.3 is 19.7 Å². The van der Waals surface area contributed by atoms with Crippen molar-refractivity contribution < 1.29 is 9.47 Å². The summed E-state index contributed by atoms with van der Waals surface area (Å²) in [6.07, 6.45) is 9.34. The summed E-state index contributed by atoms with van der Waals surface area (Å²) in [6.45, 7) is 2.66. The van der Waals surface area contributed by atoms with Crippen LogP contribution in [0.25, 0.3) is 0 Å². The van der Waals surface area contributed by atoms with E-state index in [1.165, 1.54) is 57.1 Å². The maximum Gasteiger partial charge on any atom is 0.119 e. The van der Waals surface area contributed by atoms with Crippen molar-refractivity contribution in [3.63, 3.8) is 0 Å². The number of ether oxygens (including phenoxy) is 2. The lowest BCUT2D eigenvalue weighted by atomic mass is 9.68. The molecular weight excluding hydrogens is 324 g/mol. The minimum atomic E-state index is 0.343. The molecule has 1 N–H and O–H groups in total. The number of hydrogen-bond acceptors (Lipinski definition) is 4. The van der Waals surface area contributed by atoms with Crippen LogP contribution >= 0.6 is 0 Å². The Morgan fingerprint density at radius 2 is 1.96 bits per heavy atom. The van der Waals surface area contributed by atoms with Crippen LogP contribution in [0.15, 0.2) is 24.3 Å². The van der Waals surface area contributed by atoms with E-state index in [2.05, 4.69) is 41.5 Å².